The summed E-state index contributed by atoms with van der Waals surface area (Å²) >= 11 is 6.39. The van der Waals surface area contributed by atoms with Crippen LogP contribution in [0.15, 0.2) is 90.0 Å². The van der Waals surface area contributed by atoms with Crippen molar-refractivity contribution in [2.45, 2.75) is 18.0 Å². The molecule has 0 spiro atoms. The lowest BCUT2D eigenvalue weighted by Gasteiger charge is -2.12. The summed E-state index contributed by atoms with van der Waals surface area (Å²) in [5.74, 6) is 0.194. The molecule has 2 N–H and O–H groups in total. The van der Waals surface area contributed by atoms with Crippen molar-refractivity contribution < 1.29 is 12.8 Å². The molecule has 0 aliphatic rings. The summed E-state index contributed by atoms with van der Waals surface area (Å²) in [4.78, 5) is 4.64. The molecular weight excluding hydrogens is 512 g/mol. The fourth-order valence-corrected chi connectivity index (χ4v) is 5.01. The van der Waals surface area contributed by atoms with Gasteiger partial charge in [0.25, 0.3) is 0 Å². The summed E-state index contributed by atoms with van der Waals surface area (Å²) in [6, 6.07) is 21.5. The van der Waals surface area contributed by atoms with E-state index < -0.39 is 15.8 Å². The van der Waals surface area contributed by atoms with Crippen LogP contribution in [0.3, 0.4) is 0 Å². The summed E-state index contributed by atoms with van der Waals surface area (Å²) in [6.45, 7) is 0.578. The van der Waals surface area contributed by atoms with Gasteiger partial charge < -0.3 is 5.32 Å². The highest BCUT2D eigenvalue weighted by Crippen LogP contribution is 2.28. The zero-order chi connectivity index (χ0) is 26.0. The molecule has 0 bridgehead atoms. The lowest BCUT2D eigenvalue weighted by molar-refractivity contribution is 0.580. The monoisotopic (exact) mass is 531 g/mol. The number of nitrogens with one attached hydrogen (secondary N) is 2. The Morgan fingerprint density at radius 3 is 2.32 bits per heavy atom. The molecule has 0 unspecified atom stereocenters. The quantitative estimate of drug-likeness (QED) is 0.295. The Hall–Kier alpha value is -3.73. The molecular formula is C26H20BClFN5O2S. The van der Waals surface area contributed by atoms with Crippen LogP contribution in [0.4, 0.5) is 10.2 Å². The second-order valence-electron chi connectivity index (χ2n) is 8.29. The maximum Gasteiger partial charge on any atom is 0.240 e. The van der Waals surface area contributed by atoms with E-state index in [4.69, 9.17) is 19.4 Å². The number of benzene rings is 3. The van der Waals surface area contributed by atoms with Gasteiger partial charge in [0.05, 0.1) is 10.6 Å². The molecule has 2 aromatic heterocycles. The molecule has 184 valence electrons. The SMILES string of the molecule is [B]c1cnn2c(NCc3ccc(CNS(=O)(=O)c4ccc(F)cc4)cc3)cc(-c3ccccc3Cl)nc12. The Bertz CT molecular complexity index is 1680. The fraction of sp³-hybridized carbons (Fsp3) is 0.0769. The first-order chi connectivity index (χ1) is 17.8. The molecule has 0 amide bonds. The highest BCUT2D eigenvalue weighted by molar-refractivity contribution is 7.89. The number of anilines is 1. The van der Waals surface area contributed by atoms with Gasteiger partial charge in [-0.2, -0.15) is 9.61 Å². The Balaban J connectivity index is 1.30. The minimum absolute atomic E-state index is 0.00815. The highest BCUT2D eigenvalue weighted by Gasteiger charge is 2.14. The molecule has 37 heavy (non-hydrogen) atoms. The van der Waals surface area contributed by atoms with Gasteiger partial charge in [-0.3, -0.25) is 0 Å². The van der Waals surface area contributed by atoms with Crippen LogP contribution in [-0.4, -0.2) is 30.9 Å². The molecule has 3 aromatic carbocycles. The minimum atomic E-state index is -3.74. The summed E-state index contributed by atoms with van der Waals surface area (Å²) in [5.41, 5.74) is 4.16. The summed E-state index contributed by atoms with van der Waals surface area (Å²) in [5, 5.41) is 8.27. The Labute approximate surface area is 219 Å². The van der Waals surface area contributed by atoms with E-state index >= 15 is 0 Å². The van der Waals surface area contributed by atoms with Gasteiger partial charge in [-0.1, -0.05) is 54.1 Å². The van der Waals surface area contributed by atoms with Crippen LogP contribution < -0.4 is 15.5 Å². The fourth-order valence-electron chi connectivity index (χ4n) is 3.76. The van der Waals surface area contributed by atoms with Crippen molar-refractivity contribution in [1.82, 2.24) is 19.3 Å². The summed E-state index contributed by atoms with van der Waals surface area (Å²) < 4.78 is 42.1. The van der Waals surface area contributed by atoms with E-state index in [9.17, 15) is 12.8 Å². The average Bonchev–Trinajstić information content (AvgIpc) is 3.28. The Kier molecular flexibility index (Phi) is 6.97. The van der Waals surface area contributed by atoms with Crippen molar-refractivity contribution in [3.8, 4) is 11.3 Å². The Morgan fingerprint density at radius 2 is 1.62 bits per heavy atom. The molecule has 5 rings (SSSR count). The number of sulfonamides is 1. The van der Waals surface area contributed by atoms with Crippen LogP contribution in [0.25, 0.3) is 16.9 Å². The molecule has 0 aliphatic carbocycles. The Morgan fingerprint density at radius 1 is 0.946 bits per heavy atom. The third-order valence-corrected chi connectivity index (χ3v) is 7.48. The molecule has 0 saturated heterocycles. The molecule has 11 heteroatoms. The highest BCUT2D eigenvalue weighted by atomic mass is 35.5. The number of hydrogen-bond acceptors (Lipinski definition) is 5. The molecule has 7 nitrogen and oxygen atoms in total. The van der Waals surface area contributed by atoms with E-state index in [1.165, 1.54) is 12.1 Å². The predicted molar refractivity (Wildman–Crippen MR) is 143 cm³/mol. The molecule has 0 atom stereocenters. The molecule has 5 aromatic rings. The normalized spacial score (nSPS) is 11.6. The standard InChI is InChI=1S/C26H20BClFN5O2S/c27-22-16-31-34-25(13-24(33-26(22)34)21-3-1-2-4-23(21)28)30-14-17-5-7-18(8-6-17)15-32-37(35,36)20-11-9-19(29)10-12-20/h1-13,16,30,32H,14-15H2. The predicted octanol–water partition coefficient (Wildman–Crippen LogP) is 4.07. The van der Waals surface area contributed by atoms with E-state index in [0.717, 1.165) is 28.8 Å². The van der Waals surface area contributed by atoms with Gasteiger partial charge in [0.1, 0.15) is 19.5 Å². The molecule has 0 saturated carbocycles. The second kappa shape index (κ2) is 10.3. The van der Waals surface area contributed by atoms with Crippen molar-refractivity contribution in [2.75, 3.05) is 5.32 Å². The van der Waals surface area contributed by atoms with Crippen LogP contribution >= 0.6 is 11.6 Å². The van der Waals surface area contributed by atoms with Crippen LogP contribution in [0, 0.1) is 5.82 Å². The van der Waals surface area contributed by atoms with Gasteiger partial charge in [0, 0.05) is 35.9 Å². The first-order valence-electron chi connectivity index (χ1n) is 11.3. The van der Waals surface area contributed by atoms with Crippen molar-refractivity contribution >= 4 is 46.4 Å². The van der Waals surface area contributed by atoms with Crippen LogP contribution in [0.1, 0.15) is 11.1 Å². The topological polar surface area (TPSA) is 88.4 Å². The van der Waals surface area contributed by atoms with Gasteiger partial charge in [-0.05, 0) is 46.9 Å². The number of nitrogens with zero attached hydrogens (tertiary/aromatic N) is 3. The van der Waals surface area contributed by atoms with E-state index in [1.807, 2.05) is 48.5 Å². The summed E-state index contributed by atoms with van der Waals surface area (Å²) in [7, 11) is 2.34. The van der Waals surface area contributed by atoms with Gasteiger partial charge >= 0.3 is 0 Å². The van der Waals surface area contributed by atoms with Crippen LogP contribution in [0.5, 0.6) is 0 Å². The largest absolute Gasteiger partial charge is 0.366 e. The van der Waals surface area contributed by atoms with Crippen molar-refractivity contribution in [3.05, 3.63) is 107 Å². The molecule has 2 heterocycles. The minimum Gasteiger partial charge on any atom is -0.366 e. The molecule has 0 fully saturated rings. The lowest BCUT2D eigenvalue weighted by atomic mass is 10.0. The van der Waals surface area contributed by atoms with E-state index in [0.29, 0.717) is 34.2 Å². The van der Waals surface area contributed by atoms with Crippen molar-refractivity contribution in [3.63, 3.8) is 0 Å². The second-order valence-corrected chi connectivity index (χ2v) is 10.5. The van der Waals surface area contributed by atoms with Crippen LogP contribution in [-0.2, 0) is 23.1 Å². The number of hydrogen-bond donors (Lipinski definition) is 2. The van der Waals surface area contributed by atoms with Gasteiger partial charge in [-0.15, -0.1) is 0 Å². The number of fused-ring (bicyclic) bond motifs is 1. The van der Waals surface area contributed by atoms with Gasteiger partial charge in [0.2, 0.25) is 10.0 Å². The zero-order valence-corrected chi connectivity index (χ0v) is 21.0. The maximum atomic E-state index is 13.1. The molecule has 0 aliphatic heterocycles. The first-order valence-corrected chi connectivity index (χ1v) is 13.1. The van der Waals surface area contributed by atoms with Crippen molar-refractivity contribution in [2.24, 2.45) is 0 Å². The smallest absolute Gasteiger partial charge is 0.240 e. The van der Waals surface area contributed by atoms with Crippen molar-refractivity contribution in [1.29, 1.82) is 0 Å². The maximum absolute atomic E-state index is 13.1. The average molecular weight is 532 g/mol. The third kappa shape index (κ3) is 5.51. The molecule has 2 radical (unpaired) electrons. The van der Waals surface area contributed by atoms with Crippen LogP contribution in [0.2, 0.25) is 5.02 Å². The zero-order valence-electron chi connectivity index (χ0n) is 19.4. The van der Waals surface area contributed by atoms with E-state index in [2.05, 4.69) is 20.1 Å². The third-order valence-electron chi connectivity index (χ3n) is 5.74. The van der Waals surface area contributed by atoms with E-state index in [-0.39, 0.29) is 11.4 Å². The van der Waals surface area contributed by atoms with Gasteiger partial charge in [-0.25, -0.2) is 22.5 Å². The lowest BCUT2D eigenvalue weighted by Crippen LogP contribution is -2.23. The number of rotatable bonds is 8. The summed E-state index contributed by atoms with van der Waals surface area (Å²) in [6.07, 6.45) is 1.55. The number of aromatic nitrogens is 3. The van der Waals surface area contributed by atoms with E-state index in [1.54, 1.807) is 16.8 Å². The van der Waals surface area contributed by atoms with Gasteiger partial charge in [0.15, 0.2) is 5.65 Å². The first kappa shape index (κ1) is 24.9. The number of halogens is 2.